The maximum atomic E-state index is 12.3. The number of ether oxygens (including phenoxy) is 1. The number of anilines is 1. The molecule has 1 aromatic heterocycles. The zero-order chi connectivity index (χ0) is 16.9. The lowest BCUT2D eigenvalue weighted by Gasteiger charge is -2.29. The van der Waals surface area contributed by atoms with Gasteiger partial charge in [0.25, 0.3) is 0 Å². The van der Waals surface area contributed by atoms with Gasteiger partial charge in [-0.2, -0.15) is 0 Å². The van der Waals surface area contributed by atoms with Gasteiger partial charge >= 0.3 is 5.97 Å². The number of nitrogens with zero attached hydrogens (tertiary/aromatic N) is 2. The van der Waals surface area contributed by atoms with E-state index in [4.69, 9.17) is 22.1 Å². The second kappa shape index (κ2) is 9.01. The molecule has 0 aliphatic carbocycles. The minimum absolute atomic E-state index is 0. The van der Waals surface area contributed by atoms with E-state index < -0.39 is 5.97 Å². The average molecular weight is 383 g/mol. The summed E-state index contributed by atoms with van der Waals surface area (Å²) in [5.41, 5.74) is 6.80. The highest BCUT2D eigenvalue weighted by molar-refractivity contribution is 6.33. The molecule has 1 fully saturated rings. The van der Waals surface area contributed by atoms with Gasteiger partial charge in [0.2, 0.25) is 0 Å². The summed E-state index contributed by atoms with van der Waals surface area (Å²) in [6.07, 6.45) is 1.50. The van der Waals surface area contributed by atoms with Gasteiger partial charge in [0, 0.05) is 38.9 Å². The van der Waals surface area contributed by atoms with Crippen LogP contribution in [0.2, 0.25) is 5.02 Å². The first kappa shape index (κ1) is 19.5. The molecule has 1 aliphatic rings. The summed E-state index contributed by atoms with van der Waals surface area (Å²) in [6, 6.07) is 8.71. The lowest BCUT2D eigenvalue weighted by atomic mass is 10.2. The number of hydrogen-bond donors (Lipinski definition) is 2. The number of carbonyl (C=O) groups is 1. The zero-order valence-corrected chi connectivity index (χ0v) is 15.1. The molecule has 0 radical (unpaired) electrons. The Morgan fingerprint density at radius 1 is 1.32 bits per heavy atom. The number of esters is 1. The number of halogens is 2. The van der Waals surface area contributed by atoms with E-state index in [2.05, 4.69) is 15.2 Å². The SMILES string of the molecule is Cl.NCc1cccc(OC(=O)c2cnc(N3CCNCC3)c(Cl)c2)c1. The summed E-state index contributed by atoms with van der Waals surface area (Å²) in [5.74, 6) is 0.649. The Hall–Kier alpha value is -1.86. The van der Waals surface area contributed by atoms with Crippen LogP contribution in [0.3, 0.4) is 0 Å². The fourth-order valence-electron chi connectivity index (χ4n) is 2.55. The van der Waals surface area contributed by atoms with Crippen molar-refractivity contribution in [2.24, 2.45) is 5.73 Å². The Balaban J connectivity index is 0.00000225. The normalized spacial score (nSPS) is 13.9. The molecular weight excluding hydrogens is 363 g/mol. The molecule has 1 aromatic carbocycles. The standard InChI is InChI=1S/C17H19ClN4O2.ClH/c18-15-9-13(11-21-16(15)22-6-4-20-5-7-22)17(23)24-14-3-1-2-12(8-14)10-19;/h1-3,8-9,11,20H,4-7,10,19H2;1H. The van der Waals surface area contributed by atoms with Crippen LogP contribution >= 0.6 is 24.0 Å². The van der Waals surface area contributed by atoms with Crippen molar-refractivity contribution < 1.29 is 9.53 Å². The molecular formula is C17H20Cl2N4O2. The van der Waals surface area contributed by atoms with Crippen LogP contribution in [-0.2, 0) is 6.54 Å². The van der Waals surface area contributed by atoms with Crippen LogP contribution in [0.25, 0.3) is 0 Å². The highest BCUT2D eigenvalue weighted by Crippen LogP contribution is 2.25. The third-order valence-corrected chi connectivity index (χ3v) is 4.10. The first-order valence-electron chi connectivity index (χ1n) is 7.80. The molecule has 1 saturated heterocycles. The average Bonchev–Trinajstić information content (AvgIpc) is 2.62. The predicted octanol–water partition coefficient (Wildman–Crippen LogP) is 2.24. The number of aromatic nitrogens is 1. The van der Waals surface area contributed by atoms with E-state index in [9.17, 15) is 4.79 Å². The second-order valence-corrected chi connectivity index (χ2v) is 5.91. The van der Waals surface area contributed by atoms with Crippen molar-refractivity contribution in [3.8, 4) is 5.75 Å². The van der Waals surface area contributed by atoms with Gasteiger partial charge < -0.3 is 20.7 Å². The van der Waals surface area contributed by atoms with Gasteiger partial charge in [-0.15, -0.1) is 12.4 Å². The van der Waals surface area contributed by atoms with Crippen LogP contribution in [0.15, 0.2) is 36.5 Å². The van der Waals surface area contributed by atoms with E-state index in [1.165, 1.54) is 6.20 Å². The number of benzene rings is 1. The Bertz CT molecular complexity index is 736. The lowest BCUT2D eigenvalue weighted by Crippen LogP contribution is -2.44. The predicted molar refractivity (Wildman–Crippen MR) is 101 cm³/mol. The van der Waals surface area contributed by atoms with Crippen molar-refractivity contribution in [1.82, 2.24) is 10.3 Å². The molecule has 2 aromatic rings. The minimum Gasteiger partial charge on any atom is -0.423 e. The molecule has 0 saturated carbocycles. The van der Waals surface area contributed by atoms with Crippen LogP contribution in [0.1, 0.15) is 15.9 Å². The Morgan fingerprint density at radius 2 is 2.08 bits per heavy atom. The van der Waals surface area contributed by atoms with Gasteiger partial charge in [-0.1, -0.05) is 23.7 Å². The number of rotatable bonds is 4. The Kier molecular flexibility index (Phi) is 7.01. The van der Waals surface area contributed by atoms with Crippen molar-refractivity contribution in [2.75, 3.05) is 31.1 Å². The van der Waals surface area contributed by atoms with Gasteiger partial charge in [-0.05, 0) is 23.8 Å². The number of carbonyl (C=O) groups excluding carboxylic acids is 1. The smallest absolute Gasteiger partial charge is 0.345 e. The summed E-state index contributed by atoms with van der Waals surface area (Å²) >= 11 is 6.31. The molecule has 0 atom stereocenters. The molecule has 25 heavy (non-hydrogen) atoms. The maximum Gasteiger partial charge on any atom is 0.345 e. The zero-order valence-electron chi connectivity index (χ0n) is 13.6. The molecule has 3 rings (SSSR count). The van der Waals surface area contributed by atoms with Crippen molar-refractivity contribution >= 4 is 35.8 Å². The first-order chi connectivity index (χ1) is 11.7. The van der Waals surface area contributed by atoms with Crippen LogP contribution in [0, 0.1) is 0 Å². The van der Waals surface area contributed by atoms with Gasteiger partial charge in [0.1, 0.15) is 11.6 Å². The number of hydrogen-bond acceptors (Lipinski definition) is 6. The van der Waals surface area contributed by atoms with Crippen LogP contribution in [-0.4, -0.2) is 37.1 Å². The number of nitrogens with two attached hydrogens (primary N) is 1. The van der Waals surface area contributed by atoms with Crippen molar-refractivity contribution in [3.05, 3.63) is 52.7 Å². The molecule has 3 N–H and O–H groups in total. The molecule has 0 amide bonds. The molecule has 0 bridgehead atoms. The summed E-state index contributed by atoms with van der Waals surface area (Å²) < 4.78 is 5.37. The highest BCUT2D eigenvalue weighted by atomic mass is 35.5. The number of pyridine rings is 1. The summed E-state index contributed by atoms with van der Waals surface area (Å²) in [6.45, 7) is 3.83. The quantitative estimate of drug-likeness (QED) is 0.623. The molecule has 1 aliphatic heterocycles. The van der Waals surface area contributed by atoms with Gasteiger partial charge in [-0.25, -0.2) is 9.78 Å². The van der Waals surface area contributed by atoms with Crippen molar-refractivity contribution in [3.63, 3.8) is 0 Å². The van der Waals surface area contributed by atoms with Gasteiger partial charge in [0.05, 0.1) is 10.6 Å². The van der Waals surface area contributed by atoms with E-state index in [0.29, 0.717) is 28.7 Å². The van der Waals surface area contributed by atoms with Crippen molar-refractivity contribution in [1.29, 1.82) is 0 Å². The van der Waals surface area contributed by atoms with Gasteiger partial charge in [0.15, 0.2) is 0 Å². The largest absolute Gasteiger partial charge is 0.423 e. The molecule has 8 heteroatoms. The Labute approximate surface area is 157 Å². The number of piperazine rings is 1. The van der Waals surface area contributed by atoms with Crippen LogP contribution in [0.4, 0.5) is 5.82 Å². The fourth-order valence-corrected chi connectivity index (χ4v) is 2.84. The van der Waals surface area contributed by atoms with E-state index in [1.54, 1.807) is 24.3 Å². The maximum absolute atomic E-state index is 12.3. The van der Waals surface area contributed by atoms with E-state index in [1.807, 2.05) is 6.07 Å². The van der Waals surface area contributed by atoms with E-state index in [-0.39, 0.29) is 12.4 Å². The van der Waals surface area contributed by atoms with Crippen molar-refractivity contribution in [2.45, 2.75) is 6.54 Å². The minimum atomic E-state index is -0.495. The van der Waals surface area contributed by atoms with E-state index in [0.717, 1.165) is 31.7 Å². The number of nitrogens with one attached hydrogen (secondary N) is 1. The second-order valence-electron chi connectivity index (χ2n) is 5.51. The summed E-state index contributed by atoms with van der Waals surface area (Å²) in [5, 5.41) is 3.72. The van der Waals surface area contributed by atoms with Gasteiger partial charge in [-0.3, -0.25) is 0 Å². The monoisotopic (exact) mass is 382 g/mol. The lowest BCUT2D eigenvalue weighted by molar-refractivity contribution is 0.0734. The van der Waals surface area contributed by atoms with E-state index >= 15 is 0 Å². The Morgan fingerprint density at radius 3 is 2.76 bits per heavy atom. The first-order valence-corrected chi connectivity index (χ1v) is 8.17. The topological polar surface area (TPSA) is 80.5 Å². The molecule has 6 nitrogen and oxygen atoms in total. The summed E-state index contributed by atoms with van der Waals surface area (Å²) in [4.78, 5) is 18.7. The van der Waals surface area contributed by atoms with Crippen LogP contribution < -0.4 is 20.7 Å². The third kappa shape index (κ3) is 4.83. The van der Waals surface area contributed by atoms with Crippen LogP contribution in [0.5, 0.6) is 5.75 Å². The fraction of sp³-hybridized carbons (Fsp3) is 0.294. The molecule has 0 spiro atoms. The molecule has 2 heterocycles. The highest BCUT2D eigenvalue weighted by Gasteiger charge is 2.18. The summed E-state index contributed by atoms with van der Waals surface area (Å²) in [7, 11) is 0. The third-order valence-electron chi connectivity index (χ3n) is 3.82. The molecule has 134 valence electrons. The molecule has 0 unspecified atom stereocenters.